The molecule has 15 heavy (non-hydrogen) atoms. The van der Waals surface area contributed by atoms with Gasteiger partial charge in [0.05, 0.1) is 5.92 Å². The van der Waals surface area contributed by atoms with Crippen LogP contribution in [0.15, 0.2) is 48.6 Å². The molecule has 0 heterocycles. The molecule has 1 aromatic rings. The van der Waals surface area contributed by atoms with Crippen LogP contribution in [0.2, 0.25) is 0 Å². The molecule has 0 bridgehead atoms. The highest BCUT2D eigenvalue weighted by atomic mass is 16.1. The van der Waals surface area contributed by atoms with Crippen molar-refractivity contribution in [3.8, 4) is 12.3 Å². The number of Topliss-reactive ketones (excluding diaryl/α,β-unsaturated/α-hetero) is 1. The minimum Gasteiger partial charge on any atom is -0.293 e. The predicted octanol–water partition coefficient (Wildman–Crippen LogP) is 2.59. The number of carbonyl (C=O) groups excluding carboxylic acids is 1. The lowest BCUT2D eigenvalue weighted by Crippen LogP contribution is -2.10. The van der Waals surface area contributed by atoms with Gasteiger partial charge in [-0.1, -0.05) is 48.4 Å². The van der Waals surface area contributed by atoms with Crippen molar-refractivity contribution in [1.82, 2.24) is 0 Å². The van der Waals surface area contributed by atoms with Gasteiger partial charge in [0.2, 0.25) is 0 Å². The van der Waals surface area contributed by atoms with E-state index in [0.29, 0.717) is 11.1 Å². The van der Waals surface area contributed by atoms with E-state index in [9.17, 15) is 4.79 Å². The fourth-order valence-electron chi connectivity index (χ4n) is 1.61. The summed E-state index contributed by atoms with van der Waals surface area (Å²) in [6.07, 6.45) is 12.8. The standard InChI is InChI=1S/C14H10O/c1-2-11-7-5-6-10-13(11)14(15)12-8-3-4-9-12/h1,3-10,12H. The summed E-state index contributed by atoms with van der Waals surface area (Å²) in [6, 6.07) is 7.23. The zero-order valence-corrected chi connectivity index (χ0v) is 8.18. The number of hydrogen-bond donors (Lipinski definition) is 0. The smallest absolute Gasteiger partial charge is 0.174 e. The zero-order valence-electron chi connectivity index (χ0n) is 8.18. The highest BCUT2D eigenvalue weighted by Gasteiger charge is 2.18. The summed E-state index contributed by atoms with van der Waals surface area (Å²) in [5, 5.41) is 0. The van der Waals surface area contributed by atoms with E-state index in [-0.39, 0.29) is 11.7 Å². The summed E-state index contributed by atoms with van der Waals surface area (Å²) in [6.45, 7) is 0. The van der Waals surface area contributed by atoms with E-state index in [0.717, 1.165) is 0 Å². The van der Waals surface area contributed by atoms with Gasteiger partial charge in [-0.2, -0.15) is 0 Å². The topological polar surface area (TPSA) is 17.1 Å². The number of terminal acetylenes is 1. The van der Waals surface area contributed by atoms with Crippen molar-refractivity contribution in [2.24, 2.45) is 5.92 Å². The van der Waals surface area contributed by atoms with E-state index in [1.807, 2.05) is 36.4 Å². The Morgan fingerprint density at radius 3 is 2.53 bits per heavy atom. The molecule has 0 spiro atoms. The van der Waals surface area contributed by atoms with Crippen LogP contribution in [0.25, 0.3) is 0 Å². The average molecular weight is 194 g/mol. The Balaban J connectivity index is 2.38. The molecular formula is C14H10O. The Morgan fingerprint density at radius 2 is 1.87 bits per heavy atom. The first-order chi connectivity index (χ1) is 7.33. The number of hydrogen-bond acceptors (Lipinski definition) is 1. The summed E-state index contributed by atoms with van der Waals surface area (Å²) in [7, 11) is 0. The maximum absolute atomic E-state index is 12.0. The molecule has 0 saturated heterocycles. The normalized spacial score (nSPS) is 14.1. The summed E-state index contributed by atoms with van der Waals surface area (Å²) < 4.78 is 0. The molecule has 0 radical (unpaired) electrons. The van der Waals surface area contributed by atoms with Crippen molar-refractivity contribution in [3.05, 3.63) is 59.7 Å². The van der Waals surface area contributed by atoms with E-state index < -0.39 is 0 Å². The van der Waals surface area contributed by atoms with Crippen LogP contribution >= 0.6 is 0 Å². The summed E-state index contributed by atoms with van der Waals surface area (Å²) >= 11 is 0. The van der Waals surface area contributed by atoms with Gasteiger partial charge >= 0.3 is 0 Å². The lowest BCUT2D eigenvalue weighted by atomic mass is 9.95. The number of allylic oxidation sites excluding steroid dienone is 4. The Bertz CT molecular complexity index is 474. The maximum atomic E-state index is 12.0. The number of benzene rings is 1. The van der Waals surface area contributed by atoms with E-state index in [2.05, 4.69) is 5.92 Å². The van der Waals surface area contributed by atoms with Crippen LogP contribution < -0.4 is 0 Å². The van der Waals surface area contributed by atoms with Crippen LogP contribution in [0, 0.1) is 18.3 Å². The molecule has 1 aliphatic rings. The highest BCUT2D eigenvalue weighted by molar-refractivity contribution is 6.02. The van der Waals surface area contributed by atoms with Crippen LogP contribution in [0.3, 0.4) is 0 Å². The van der Waals surface area contributed by atoms with Crippen LogP contribution in [0.5, 0.6) is 0 Å². The number of ketones is 1. The molecule has 0 N–H and O–H groups in total. The first kappa shape index (κ1) is 9.48. The Kier molecular flexibility index (Phi) is 2.51. The second-order valence-electron chi connectivity index (χ2n) is 3.35. The quantitative estimate of drug-likeness (QED) is 0.522. The van der Waals surface area contributed by atoms with Gasteiger partial charge in [0, 0.05) is 11.1 Å². The van der Waals surface area contributed by atoms with Crippen molar-refractivity contribution in [1.29, 1.82) is 0 Å². The highest BCUT2D eigenvalue weighted by Crippen LogP contribution is 2.18. The molecule has 0 aromatic heterocycles. The second kappa shape index (κ2) is 3.98. The van der Waals surface area contributed by atoms with Gasteiger partial charge in [-0.3, -0.25) is 4.79 Å². The largest absolute Gasteiger partial charge is 0.293 e. The van der Waals surface area contributed by atoms with E-state index >= 15 is 0 Å². The van der Waals surface area contributed by atoms with Crippen molar-refractivity contribution < 1.29 is 4.79 Å². The minimum absolute atomic E-state index is 0.0635. The Morgan fingerprint density at radius 1 is 1.20 bits per heavy atom. The summed E-state index contributed by atoms with van der Waals surface area (Å²) in [5.74, 6) is 2.44. The molecule has 1 aromatic carbocycles. The first-order valence-corrected chi connectivity index (χ1v) is 4.78. The lowest BCUT2D eigenvalue weighted by molar-refractivity contribution is 0.0966. The molecule has 1 heteroatoms. The predicted molar refractivity (Wildman–Crippen MR) is 60.5 cm³/mol. The van der Waals surface area contributed by atoms with Crippen molar-refractivity contribution in [2.45, 2.75) is 0 Å². The molecule has 0 amide bonds. The zero-order chi connectivity index (χ0) is 10.7. The molecule has 0 saturated carbocycles. The van der Waals surface area contributed by atoms with Crippen LogP contribution in [0.4, 0.5) is 0 Å². The van der Waals surface area contributed by atoms with Gasteiger partial charge in [0.15, 0.2) is 5.78 Å². The van der Waals surface area contributed by atoms with Gasteiger partial charge in [-0.25, -0.2) is 0 Å². The Hall–Kier alpha value is -2.07. The Labute approximate surface area is 89.1 Å². The molecule has 1 nitrogen and oxygen atoms in total. The fourth-order valence-corrected chi connectivity index (χ4v) is 1.61. The van der Waals surface area contributed by atoms with Gasteiger partial charge < -0.3 is 0 Å². The fraction of sp³-hybridized carbons (Fsp3) is 0.0714. The molecule has 0 unspecified atom stereocenters. The molecule has 0 aliphatic heterocycles. The lowest BCUT2D eigenvalue weighted by Gasteiger charge is -2.06. The third-order valence-corrected chi connectivity index (χ3v) is 2.40. The maximum Gasteiger partial charge on any atom is 0.174 e. The van der Waals surface area contributed by atoms with E-state index in [1.165, 1.54) is 0 Å². The van der Waals surface area contributed by atoms with Gasteiger partial charge in [0.25, 0.3) is 0 Å². The summed E-state index contributed by atoms with van der Waals surface area (Å²) in [5.41, 5.74) is 1.29. The number of carbonyl (C=O) groups is 1. The van der Waals surface area contributed by atoms with Crippen molar-refractivity contribution in [2.75, 3.05) is 0 Å². The van der Waals surface area contributed by atoms with Gasteiger partial charge in [-0.05, 0) is 6.07 Å². The van der Waals surface area contributed by atoms with E-state index in [1.54, 1.807) is 12.1 Å². The van der Waals surface area contributed by atoms with Crippen molar-refractivity contribution in [3.63, 3.8) is 0 Å². The minimum atomic E-state index is -0.153. The second-order valence-corrected chi connectivity index (χ2v) is 3.35. The first-order valence-electron chi connectivity index (χ1n) is 4.78. The van der Waals surface area contributed by atoms with Crippen molar-refractivity contribution >= 4 is 5.78 Å². The number of rotatable bonds is 2. The van der Waals surface area contributed by atoms with Crippen LogP contribution in [0.1, 0.15) is 15.9 Å². The van der Waals surface area contributed by atoms with E-state index in [4.69, 9.17) is 6.42 Å². The molecular weight excluding hydrogens is 184 g/mol. The molecule has 0 atom stereocenters. The van der Waals surface area contributed by atoms with Crippen LogP contribution in [-0.2, 0) is 0 Å². The van der Waals surface area contributed by atoms with Crippen LogP contribution in [-0.4, -0.2) is 5.78 Å². The molecule has 72 valence electrons. The molecule has 0 fully saturated rings. The monoisotopic (exact) mass is 194 g/mol. The third-order valence-electron chi connectivity index (χ3n) is 2.40. The molecule has 1 aliphatic carbocycles. The average Bonchev–Trinajstić information content (AvgIpc) is 2.81. The SMILES string of the molecule is C#Cc1ccccc1C(=O)C1C=CC=C1. The molecule has 2 rings (SSSR count). The van der Waals surface area contributed by atoms with Gasteiger partial charge in [-0.15, -0.1) is 6.42 Å². The summed E-state index contributed by atoms with van der Waals surface area (Å²) in [4.78, 5) is 12.0. The third kappa shape index (κ3) is 1.75. The van der Waals surface area contributed by atoms with Gasteiger partial charge in [0.1, 0.15) is 0 Å².